The molecule has 0 N–H and O–H groups in total. The number of oxime groups is 1. The van der Waals surface area contributed by atoms with Crippen molar-refractivity contribution in [2.75, 3.05) is 13.2 Å². The number of hydrogen-bond acceptors (Lipinski definition) is 5. The number of esters is 1. The van der Waals surface area contributed by atoms with Crippen molar-refractivity contribution in [3.8, 4) is 0 Å². The highest BCUT2D eigenvalue weighted by Crippen LogP contribution is 2.22. The van der Waals surface area contributed by atoms with Crippen molar-refractivity contribution in [2.45, 2.75) is 13.8 Å². The molecule has 0 aliphatic carbocycles. The smallest absolute Gasteiger partial charge is 0.374 e. The maximum absolute atomic E-state index is 11.7. The van der Waals surface area contributed by atoms with Gasteiger partial charge in [-0.2, -0.15) is 0 Å². The molecule has 0 unspecified atom stereocenters. The number of carbonyl (C=O) groups excluding carboxylic acids is 1. The van der Waals surface area contributed by atoms with Gasteiger partial charge in [0.05, 0.1) is 19.1 Å². The third kappa shape index (κ3) is 2.93. The Morgan fingerprint density at radius 1 is 1.37 bits per heavy atom. The predicted octanol–water partition coefficient (Wildman–Crippen LogP) is 2.98. The summed E-state index contributed by atoms with van der Waals surface area (Å²) in [6.07, 6.45) is 3.14. The molecule has 0 saturated heterocycles. The summed E-state index contributed by atoms with van der Waals surface area (Å²) in [6, 6.07) is 5.51. The molecule has 2 aromatic rings. The van der Waals surface area contributed by atoms with Gasteiger partial charge in [0.15, 0.2) is 0 Å². The first kappa shape index (κ1) is 13.1. The third-order valence-electron chi connectivity index (χ3n) is 2.49. The van der Waals surface area contributed by atoms with E-state index >= 15 is 0 Å². The Morgan fingerprint density at radius 3 is 2.95 bits per heavy atom. The molecule has 5 heteroatoms. The molecule has 1 heterocycles. The van der Waals surface area contributed by atoms with E-state index in [0.717, 1.165) is 16.3 Å². The average molecular weight is 261 g/mol. The lowest BCUT2D eigenvalue weighted by Crippen LogP contribution is -2.03. The molecule has 5 nitrogen and oxygen atoms in total. The number of furan rings is 1. The van der Waals surface area contributed by atoms with E-state index in [-0.39, 0.29) is 5.76 Å². The summed E-state index contributed by atoms with van der Waals surface area (Å²) < 4.78 is 10.2. The highest BCUT2D eigenvalue weighted by Gasteiger charge is 2.15. The SMILES string of the molecule is CCON=Cc1ccc2c(C(=O)OCC)occ2c1. The third-order valence-corrected chi connectivity index (χ3v) is 2.49. The molecule has 0 spiro atoms. The lowest BCUT2D eigenvalue weighted by Gasteiger charge is -1.98. The topological polar surface area (TPSA) is 61.0 Å². The molecule has 2 rings (SSSR count). The Morgan fingerprint density at radius 2 is 2.21 bits per heavy atom. The van der Waals surface area contributed by atoms with E-state index < -0.39 is 5.97 Å². The van der Waals surface area contributed by atoms with Crippen LogP contribution in [0.25, 0.3) is 10.8 Å². The molecule has 0 saturated carbocycles. The van der Waals surface area contributed by atoms with E-state index in [1.165, 1.54) is 6.26 Å². The van der Waals surface area contributed by atoms with Gasteiger partial charge in [0.1, 0.15) is 6.61 Å². The number of rotatable bonds is 5. The van der Waals surface area contributed by atoms with Crippen LogP contribution in [0, 0.1) is 0 Å². The van der Waals surface area contributed by atoms with Crippen molar-refractivity contribution in [1.82, 2.24) is 0 Å². The molecule has 0 atom stereocenters. The molecule has 0 aliphatic rings. The quantitative estimate of drug-likeness (QED) is 0.471. The van der Waals surface area contributed by atoms with E-state index in [1.807, 2.05) is 19.1 Å². The Hall–Kier alpha value is -2.30. The van der Waals surface area contributed by atoms with Gasteiger partial charge in [-0.05, 0) is 31.5 Å². The average Bonchev–Trinajstić information content (AvgIpc) is 2.82. The van der Waals surface area contributed by atoms with Crippen molar-refractivity contribution < 1.29 is 18.8 Å². The largest absolute Gasteiger partial charge is 0.460 e. The van der Waals surface area contributed by atoms with Gasteiger partial charge in [0, 0.05) is 10.8 Å². The summed E-state index contributed by atoms with van der Waals surface area (Å²) in [7, 11) is 0. The first-order valence-electron chi connectivity index (χ1n) is 6.10. The summed E-state index contributed by atoms with van der Waals surface area (Å²) in [5, 5.41) is 5.34. The van der Waals surface area contributed by atoms with Gasteiger partial charge in [-0.15, -0.1) is 0 Å². The van der Waals surface area contributed by atoms with Crippen molar-refractivity contribution >= 4 is 23.0 Å². The highest BCUT2D eigenvalue weighted by molar-refractivity contribution is 6.03. The van der Waals surface area contributed by atoms with Gasteiger partial charge in [-0.1, -0.05) is 11.2 Å². The van der Waals surface area contributed by atoms with Crippen LogP contribution < -0.4 is 0 Å². The van der Waals surface area contributed by atoms with Crippen molar-refractivity contribution in [1.29, 1.82) is 0 Å². The van der Waals surface area contributed by atoms with E-state index in [4.69, 9.17) is 14.0 Å². The minimum Gasteiger partial charge on any atom is -0.460 e. The fourth-order valence-corrected chi connectivity index (χ4v) is 1.68. The molecule has 19 heavy (non-hydrogen) atoms. The van der Waals surface area contributed by atoms with Gasteiger partial charge in [0.2, 0.25) is 5.76 Å². The summed E-state index contributed by atoms with van der Waals surface area (Å²) in [4.78, 5) is 16.6. The maximum Gasteiger partial charge on any atom is 0.374 e. The van der Waals surface area contributed by atoms with Crippen LogP contribution >= 0.6 is 0 Å². The normalized spacial score (nSPS) is 11.1. The van der Waals surface area contributed by atoms with E-state index in [2.05, 4.69) is 5.16 Å². The number of hydrogen-bond donors (Lipinski definition) is 0. The minimum atomic E-state index is -0.451. The van der Waals surface area contributed by atoms with Gasteiger partial charge in [-0.3, -0.25) is 0 Å². The molecule has 0 aliphatic heterocycles. The number of carbonyl (C=O) groups is 1. The second kappa shape index (κ2) is 6.04. The Labute approximate surface area is 110 Å². The van der Waals surface area contributed by atoms with Crippen LogP contribution in [0.1, 0.15) is 30.0 Å². The summed E-state index contributed by atoms with van der Waals surface area (Å²) >= 11 is 0. The highest BCUT2D eigenvalue weighted by atomic mass is 16.6. The molecule has 0 bridgehead atoms. The van der Waals surface area contributed by atoms with Gasteiger partial charge in [-0.25, -0.2) is 4.79 Å². The van der Waals surface area contributed by atoms with Crippen molar-refractivity contribution in [3.05, 3.63) is 35.8 Å². The Bertz CT molecular complexity index is 601. The van der Waals surface area contributed by atoms with Crippen molar-refractivity contribution in [2.24, 2.45) is 5.16 Å². The van der Waals surface area contributed by atoms with Gasteiger partial charge in [0.25, 0.3) is 0 Å². The molecular weight excluding hydrogens is 246 g/mol. The molecular formula is C14H15NO4. The molecule has 1 aromatic heterocycles. The lowest BCUT2D eigenvalue weighted by atomic mass is 10.1. The Balaban J connectivity index is 2.29. The van der Waals surface area contributed by atoms with Gasteiger partial charge >= 0.3 is 5.97 Å². The maximum atomic E-state index is 11.7. The zero-order valence-corrected chi connectivity index (χ0v) is 10.9. The van der Waals surface area contributed by atoms with Crippen LogP contribution in [0.5, 0.6) is 0 Å². The number of fused-ring (bicyclic) bond motifs is 1. The monoisotopic (exact) mass is 261 g/mol. The summed E-state index contributed by atoms with van der Waals surface area (Å²) in [5.41, 5.74) is 0.872. The Kier molecular flexibility index (Phi) is 4.18. The fourth-order valence-electron chi connectivity index (χ4n) is 1.68. The van der Waals surface area contributed by atoms with Crippen molar-refractivity contribution in [3.63, 3.8) is 0 Å². The molecule has 0 amide bonds. The van der Waals surface area contributed by atoms with Crippen LogP contribution in [0.15, 0.2) is 34.0 Å². The van der Waals surface area contributed by atoms with E-state index in [1.54, 1.807) is 19.2 Å². The summed E-state index contributed by atoms with van der Waals surface area (Å²) in [6.45, 7) is 4.46. The second-order valence-corrected chi connectivity index (χ2v) is 3.78. The minimum absolute atomic E-state index is 0.227. The van der Waals surface area contributed by atoms with Crippen LogP contribution in [0.2, 0.25) is 0 Å². The zero-order valence-electron chi connectivity index (χ0n) is 10.9. The first-order chi connectivity index (χ1) is 9.26. The van der Waals surface area contributed by atoms with E-state index in [9.17, 15) is 4.79 Å². The number of benzene rings is 1. The standard InChI is InChI=1S/C14H15NO4/c1-3-17-14(16)13-12-6-5-10(8-15-19-4-2)7-11(12)9-18-13/h5-9H,3-4H2,1-2H3. The number of nitrogens with zero attached hydrogens (tertiary/aromatic N) is 1. The predicted molar refractivity (Wildman–Crippen MR) is 71.4 cm³/mol. The first-order valence-corrected chi connectivity index (χ1v) is 6.10. The van der Waals surface area contributed by atoms with Crippen LogP contribution in [-0.2, 0) is 9.57 Å². The van der Waals surface area contributed by atoms with Crippen LogP contribution in [-0.4, -0.2) is 25.4 Å². The van der Waals surface area contributed by atoms with E-state index in [0.29, 0.717) is 13.2 Å². The fraction of sp³-hybridized carbons (Fsp3) is 0.286. The zero-order chi connectivity index (χ0) is 13.7. The van der Waals surface area contributed by atoms with Gasteiger partial charge < -0.3 is 14.0 Å². The molecule has 100 valence electrons. The van der Waals surface area contributed by atoms with Crippen LogP contribution in [0.3, 0.4) is 0 Å². The molecule has 0 radical (unpaired) electrons. The second-order valence-electron chi connectivity index (χ2n) is 3.78. The summed E-state index contributed by atoms with van der Waals surface area (Å²) in [5.74, 6) is -0.224. The molecule has 0 fully saturated rings. The lowest BCUT2D eigenvalue weighted by molar-refractivity contribution is 0.0493. The number of ether oxygens (including phenoxy) is 1. The molecule has 1 aromatic carbocycles. The van der Waals surface area contributed by atoms with Crippen LogP contribution in [0.4, 0.5) is 0 Å².